The lowest BCUT2D eigenvalue weighted by molar-refractivity contribution is 1.08. The second-order valence-corrected chi connectivity index (χ2v) is 3.67. The van der Waals surface area contributed by atoms with Crippen molar-refractivity contribution in [2.45, 2.75) is 0 Å². The summed E-state index contributed by atoms with van der Waals surface area (Å²) in [4.78, 5) is 9.80. The average molecular weight is 235 g/mol. The summed E-state index contributed by atoms with van der Waals surface area (Å²) in [5.41, 5.74) is 6.62. The lowest BCUT2D eigenvalue weighted by Gasteiger charge is -2.19. The molecule has 0 radical (unpaired) electrons. The molecule has 0 atom stereocenters. The van der Waals surface area contributed by atoms with E-state index in [0.29, 0.717) is 10.8 Å². The Labute approximate surface area is 98.7 Å². The van der Waals surface area contributed by atoms with Crippen molar-refractivity contribution in [2.75, 3.05) is 17.7 Å². The zero-order valence-electron chi connectivity index (χ0n) is 8.76. The normalized spacial score (nSPS) is 10.1. The molecule has 4 nitrogen and oxygen atoms in total. The van der Waals surface area contributed by atoms with Gasteiger partial charge in [0.1, 0.15) is 17.2 Å². The summed E-state index contributed by atoms with van der Waals surface area (Å²) in [5.74, 6) is 0.884. The van der Waals surface area contributed by atoms with Gasteiger partial charge in [0.2, 0.25) is 0 Å². The second kappa shape index (κ2) is 4.37. The Balaban J connectivity index is 2.42. The molecule has 1 aromatic heterocycles. The SMILES string of the molecule is CN(c1ccccc1)c1ncnc(N)c1Cl. The third kappa shape index (κ3) is 1.92. The van der Waals surface area contributed by atoms with E-state index in [0.717, 1.165) is 5.69 Å². The molecule has 16 heavy (non-hydrogen) atoms. The van der Waals surface area contributed by atoms with Gasteiger partial charge < -0.3 is 10.6 Å². The zero-order chi connectivity index (χ0) is 11.5. The Bertz CT molecular complexity index is 487. The summed E-state index contributed by atoms with van der Waals surface area (Å²) in [6, 6.07) is 9.78. The quantitative estimate of drug-likeness (QED) is 0.868. The molecular formula is C11H11ClN4. The van der Waals surface area contributed by atoms with E-state index in [4.69, 9.17) is 17.3 Å². The molecule has 0 spiro atoms. The van der Waals surface area contributed by atoms with Crippen LogP contribution in [0.15, 0.2) is 36.7 Å². The van der Waals surface area contributed by atoms with Crippen molar-refractivity contribution in [3.05, 3.63) is 41.7 Å². The number of anilines is 3. The molecule has 0 bridgehead atoms. The van der Waals surface area contributed by atoms with E-state index in [9.17, 15) is 0 Å². The van der Waals surface area contributed by atoms with Gasteiger partial charge in [0, 0.05) is 12.7 Å². The smallest absolute Gasteiger partial charge is 0.157 e. The van der Waals surface area contributed by atoms with Gasteiger partial charge in [-0.2, -0.15) is 0 Å². The molecular weight excluding hydrogens is 224 g/mol. The van der Waals surface area contributed by atoms with Crippen LogP contribution in [0, 0.1) is 0 Å². The summed E-state index contributed by atoms with van der Waals surface area (Å²) in [6.45, 7) is 0. The van der Waals surface area contributed by atoms with Gasteiger partial charge >= 0.3 is 0 Å². The minimum absolute atomic E-state index is 0.287. The third-order valence-electron chi connectivity index (χ3n) is 2.26. The Morgan fingerprint density at radius 3 is 2.56 bits per heavy atom. The van der Waals surface area contributed by atoms with Crippen LogP contribution in [0.3, 0.4) is 0 Å². The van der Waals surface area contributed by atoms with Crippen LogP contribution in [0.4, 0.5) is 17.3 Å². The fraction of sp³-hybridized carbons (Fsp3) is 0.0909. The number of halogens is 1. The molecule has 0 saturated heterocycles. The van der Waals surface area contributed by atoms with Crippen molar-refractivity contribution in [2.24, 2.45) is 0 Å². The molecule has 2 rings (SSSR count). The number of nitrogens with two attached hydrogens (primary N) is 1. The summed E-state index contributed by atoms with van der Waals surface area (Å²) in [7, 11) is 1.88. The first-order valence-corrected chi connectivity index (χ1v) is 5.12. The van der Waals surface area contributed by atoms with Gasteiger partial charge in [0.05, 0.1) is 0 Å². The molecule has 0 aliphatic carbocycles. The number of rotatable bonds is 2. The van der Waals surface area contributed by atoms with Crippen LogP contribution in [0.25, 0.3) is 0 Å². The number of nitrogen functional groups attached to an aromatic ring is 1. The fourth-order valence-electron chi connectivity index (χ4n) is 1.38. The van der Waals surface area contributed by atoms with E-state index < -0.39 is 0 Å². The molecule has 0 saturated carbocycles. The topological polar surface area (TPSA) is 55.0 Å². The molecule has 0 aliphatic rings. The first kappa shape index (κ1) is 10.7. The Kier molecular flexibility index (Phi) is 2.92. The standard InChI is InChI=1S/C11H11ClN4/c1-16(8-5-3-2-4-6-8)11-9(12)10(13)14-7-15-11/h2-7H,1H3,(H2,13,14,15). The zero-order valence-corrected chi connectivity index (χ0v) is 9.52. The van der Waals surface area contributed by atoms with Gasteiger partial charge in [-0.05, 0) is 12.1 Å². The molecule has 82 valence electrons. The molecule has 1 aromatic carbocycles. The number of aromatic nitrogens is 2. The lowest BCUT2D eigenvalue weighted by Crippen LogP contribution is -2.12. The molecule has 1 heterocycles. The van der Waals surface area contributed by atoms with Crippen molar-refractivity contribution in [3.8, 4) is 0 Å². The second-order valence-electron chi connectivity index (χ2n) is 3.29. The Morgan fingerprint density at radius 2 is 1.88 bits per heavy atom. The van der Waals surface area contributed by atoms with Crippen molar-refractivity contribution in [3.63, 3.8) is 0 Å². The van der Waals surface area contributed by atoms with Gasteiger partial charge in [0.15, 0.2) is 5.82 Å². The van der Waals surface area contributed by atoms with Crippen molar-refractivity contribution >= 4 is 28.9 Å². The van der Waals surface area contributed by atoms with Crippen LogP contribution in [0.2, 0.25) is 5.02 Å². The average Bonchev–Trinajstić information content (AvgIpc) is 2.33. The van der Waals surface area contributed by atoms with E-state index >= 15 is 0 Å². The molecule has 0 fully saturated rings. The monoisotopic (exact) mass is 234 g/mol. The maximum absolute atomic E-state index is 6.05. The van der Waals surface area contributed by atoms with Crippen LogP contribution >= 0.6 is 11.6 Å². The Hall–Kier alpha value is -1.81. The molecule has 2 aromatic rings. The van der Waals surface area contributed by atoms with E-state index in [1.165, 1.54) is 6.33 Å². The van der Waals surface area contributed by atoms with Gasteiger partial charge in [0.25, 0.3) is 0 Å². The van der Waals surface area contributed by atoms with E-state index in [-0.39, 0.29) is 5.82 Å². The summed E-state index contributed by atoms with van der Waals surface area (Å²) >= 11 is 6.05. The van der Waals surface area contributed by atoms with Crippen LogP contribution in [0.5, 0.6) is 0 Å². The van der Waals surface area contributed by atoms with Crippen LogP contribution in [-0.2, 0) is 0 Å². The molecule has 0 amide bonds. The maximum atomic E-state index is 6.05. The van der Waals surface area contributed by atoms with Gasteiger partial charge in [-0.3, -0.25) is 0 Å². The highest BCUT2D eigenvalue weighted by Gasteiger charge is 2.11. The fourth-order valence-corrected chi connectivity index (χ4v) is 1.61. The van der Waals surface area contributed by atoms with Gasteiger partial charge in [-0.15, -0.1) is 0 Å². The first-order chi connectivity index (χ1) is 7.70. The Morgan fingerprint density at radius 1 is 1.19 bits per heavy atom. The number of hydrogen-bond acceptors (Lipinski definition) is 4. The number of para-hydroxylation sites is 1. The molecule has 2 N–H and O–H groups in total. The highest BCUT2D eigenvalue weighted by Crippen LogP contribution is 2.30. The predicted molar refractivity (Wildman–Crippen MR) is 66.0 cm³/mol. The number of benzene rings is 1. The van der Waals surface area contributed by atoms with Crippen molar-refractivity contribution in [1.82, 2.24) is 9.97 Å². The van der Waals surface area contributed by atoms with Crippen LogP contribution in [-0.4, -0.2) is 17.0 Å². The molecule has 5 heteroatoms. The number of hydrogen-bond donors (Lipinski definition) is 1. The third-order valence-corrected chi connectivity index (χ3v) is 2.62. The van der Waals surface area contributed by atoms with Crippen LogP contribution in [0.1, 0.15) is 0 Å². The van der Waals surface area contributed by atoms with Gasteiger partial charge in [-0.1, -0.05) is 29.8 Å². The van der Waals surface area contributed by atoms with E-state index in [1.807, 2.05) is 42.3 Å². The highest BCUT2D eigenvalue weighted by molar-refractivity contribution is 6.35. The van der Waals surface area contributed by atoms with E-state index in [2.05, 4.69) is 9.97 Å². The van der Waals surface area contributed by atoms with Crippen molar-refractivity contribution < 1.29 is 0 Å². The minimum Gasteiger partial charge on any atom is -0.382 e. The summed E-state index contributed by atoms with van der Waals surface area (Å²) in [5, 5.41) is 0.369. The van der Waals surface area contributed by atoms with Crippen LogP contribution < -0.4 is 10.6 Å². The van der Waals surface area contributed by atoms with E-state index in [1.54, 1.807) is 0 Å². The highest BCUT2D eigenvalue weighted by atomic mass is 35.5. The van der Waals surface area contributed by atoms with Gasteiger partial charge in [-0.25, -0.2) is 9.97 Å². The number of nitrogens with zero attached hydrogens (tertiary/aromatic N) is 3. The molecule has 0 unspecified atom stereocenters. The minimum atomic E-state index is 0.287. The predicted octanol–water partition coefficient (Wildman–Crippen LogP) is 2.48. The van der Waals surface area contributed by atoms with Crippen molar-refractivity contribution in [1.29, 1.82) is 0 Å². The largest absolute Gasteiger partial charge is 0.382 e. The lowest BCUT2D eigenvalue weighted by atomic mass is 10.3. The summed E-state index contributed by atoms with van der Waals surface area (Å²) in [6.07, 6.45) is 1.40. The molecule has 0 aliphatic heterocycles. The maximum Gasteiger partial charge on any atom is 0.157 e. The first-order valence-electron chi connectivity index (χ1n) is 4.75. The summed E-state index contributed by atoms with van der Waals surface area (Å²) < 4.78 is 0.